The van der Waals surface area contributed by atoms with Crippen LogP contribution in [0.25, 0.3) is 0 Å². The zero-order valence-electron chi connectivity index (χ0n) is 8.08. The molecule has 1 unspecified atom stereocenters. The van der Waals surface area contributed by atoms with E-state index < -0.39 is 0 Å². The number of halogens is 3. The van der Waals surface area contributed by atoms with Crippen molar-refractivity contribution in [2.24, 2.45) is 5.73 Å². The summed E-state index contributed by atoms with van der Waals surface area (Å²) in [6.07, 6.45) is 0. The van der Waals surface area contributed by atoms with Crippen molar-refractivity contribution in [3.63, 3.8) is 0 Å². The van der Waals surface area contributed by atoms with Gasteiger partial charge >= 0.3 is 0 Å². The second kappa shape index (κ2) is 4.84. The summed E-state index contributed by atoms with van der Waals surface area (Å²) in [4.78, 5) is 0.905. The molecule has 2 rings (SSSR count). The van der Waals surface area contributed by atoms with Crippen molar-refractivity contribution >= 4 is 38.9 Å². The van der Waals surface area contributed by atoms with Crippen LogP contribution in [0.5, 0.6) is 0 Å². The molecule has 0 saturated carbocycles. The third kappa shape index (κ3) is 2.46. The van der Waals surface area contributed by atoms with Crippen molar-refractivity contribution in [3.8, 4) is 0 Å². The lowest BCUT2D eigenvalue weighted by atomic mass is 10.1. The Hall–Kier alpha value is -0.420. The van der Waals surface area contributed by atoms with Gasteiger partial charge in [0.2, 0.25) is 0 Å². The first-order valence-corrected chi connectivity index (χ1v) is 6.52. The van der Waals surface area contributed by atoms with Gasteiger partial charge in [-0.05, 0) is 39.7 Å². The molecule has 0 spiro atoms. The molecule has 0 aliphatic heterocycles. The second-order valence-electron chi connectivity index (χ2n) is 3.30. The van der Waals surface area contributed by atoms with Crippen LogP contribution in [0, 0.1) is 5.82 Å². The quantitative estimate of drug-likeness (QED) is 0.874. The summed E-state index contributed by atoms with van der Waals surface area (Å²) in [7, 11) is 0. The number of hydrogen-bond acceptors (Lipinski definition) is 2. The standard InChI is InChI=1S/C11H8BrClFNS/c12-11-8(13)5-9(16-11)10(15)6-2-1-3-7(14)4-6/h1-5,10H,15H2. The Labute approximate surface area is 110 Å². The summed E-state index contributed by atoms with van der Waals surface area (Å²) in [6.45, 7) is 0. The van der Waals surface area contributed by atoms with Crippen molar-refractivity contribution in [1.29, 1.82) is 0 Å². The number of benzene rings is 1. The van der Waals surface area contributed by atoms with E-state index in [-0.39, 0.29) is 11.9 Å². The molecular weight excluding hydrogens is 313 g/mol. The molecule has 0 bridgehead atoms. The predicted molar refractivity (Wildman–Crippen MR) is 69.5 cm³/mol. The third-order valence-electron chi connectivity index (χ3n) is 2.18. The Morgan fingerprint density at radius 3 is 2.69 bits per heavy atom. The fraction of sp³-hybridized carbons (Fsp3) is 0.0909. The van der Waals surface area contributed by atoms with Gasteiger partial charge in [0.25, 0.3) is 0 Å². The fourth-order valence-corrected chi connectivity index (χ4v) is 3.16. The molecule has 2 aromatic rings. The van der Waals surface area contributed by atoms with Crippen LogP contribution in [-0.4, -0.2) is 0 Å². The van der Waals surface area contributed by atoms with Crippen LogP contribution >= 0.6 is 38.9 Å². The molecule has 0 fully saturated rings. The van der Waals surface area contributed by atoms with Gasteiger partial charge in [0.1, 0.15) is 5.82 Å². The molecule has 0 aliphatic rings. The van der Waals surface area contributed by atoms with E-state index >= 15 is 0 Å². The van der Waals surface area contributed by atoms with Gasteiger partial charge in [0, 0.05) is 4.88 Å². The molecule has 0 amide bonds. The van der Waals surface area contributed by atoms with Crippen molar-refractivity contribution < 1.29 is 4.39 Å². The van der Waals surface area contributed by atoms with E-state index in [2.05, 4.69) is 15.9 Å². The summed E-state index contributed by atoms with van der Waals surface area (Å²) in [5.41, 5.74) is 6.77. The van der Waals surface area contributed by atoms with Crippen LogP contribution in [-0.2, 0) is 0 Å². The molecule has 16 heavy (non-hydrogen) atoms. The summed E-state index contributed by atoms with van der Waals surface area (Å²) in [5.74, 6) is -0.283. The zero-order valence-corrected chi connectivity index (χ0v) is 11.2. The molecule has 5 heteroatoms. The largest absolute Gasteiger partial charge is 0.320 e. The van der Waals surface area contributed by atoms with Crippen LogP contribution in [0.1, 0.15) is 16.5 Å². The SMILES string of the molecule is NC(c1cccc(F)c1)c1cc(Cl)c(Br)s1. The van der Waals surface area contributed by atoms with E-state index in [9.17, 15) is 4.39 Å². The molecule has 1 heterocycles. The molecule has 1 nitrogen and oxygen atoms in total. The Kier molecular flexibility index (Phi) is 3.64. The van der Waals surface area contributed by atoms with Gasteiger partial charge in [-0.2, -0.15) is 0 Å². The molecule has 0 saturated heterocycles. The highest BCUT2D eigenvalue weighted by atomic mass is 79.9. The third-order valence-corrected chi connectivity index (χ3v) is 4.74. The molecule has 2 N–H and O–H groups in total. The predicted octanol–water partition coefficient (Wildman–Crippen LogP) is 4.35. The summed E-state index contributed by atoms with van der Waals surface area (Å²) >= 11 is 10.7. The maximum atomic E-state index is 13.0. The molecular formula is C11H8BrClFNS. The highest BCUT2D eigenvalue weighted by Gasteiger charge is 2.14. The normalized spacial score (nSPS) is 12.8. The van der Waals surface area contributed by atoms with Gasteiger partial charge in [-0.1, -0.05) is 23.7 Å². The van der Waals surface area contributed by atoms with Crippen LogP contribution in [0.3, 0.4) is 0 Å². The summed E-state index contributed by atoms with van der Waals surface area (Å²) < 4.78 is 13.9. The lowest BCUT2D eigenvalue weighted by Crippen LogP contribution is -2.10. The van der Waals surface area contributed by atoms with Crippen LogP contribution in [0.4, 0.5) is 4.39 Å². The first-order chi connectivity index (χ1) is 7.58. The number of rotatable bonds is 2. The van der Waals surface area contributed by atoms with Crippen LogP contribution in [0.15, 0.2) is 34.1 Å². The Morgan fingerprint density at radius 1 is 1.38 bits per heavy atom. The van der Waals surface area contributed by atoms with E-state index in [1.165, 1.54) is 23.5 Å². The average molecular weight is 321 g/mol. The van der Waals surface area contributed by atoms with E-state index in [4.69, 9.17) is 17.3 Å². The maximum absolute atomic E-state index is 13.0. The van der Waals surface area contributed by atoms with Gasteiger partial charge in [-0.15, -0.1) is 11.3 Å². The first-order valence-electron chi connectivity index (χ1n) is 4.53. The van der Waals surface area contributed by atoms with E-state index in [1.807, 2.05) is 0 Å². The second-order valence-corrected chi connectivity index (χ2v) is 6.11. The number of nitrogens with two attached hydrogens (primary N) is 1. The summed E-state index contributed by atoms with van der Waals surface area (Å²) in [6, 6.07) is 7.74. The fourth-order valence-electron chi connectivity index (χ4n) is 1.38. The molecule has 1 aromatic carbocycles. The molecule has 0 aliphatic carbocycles. The van der Waals surface area contributed by atoms with Gasteiger partial charge in [-0.25, -0.2) is 4.39 Å². The molecule has 84 valence electrons. The Morgan fingerprint density at radius 2 is 2.12 bits per heavy atom. The summed E-state index contributed by atoms with van der Waals surface area (Å²) in [5, 5.41) is 0.631. The van der Waals surface area contributed by atoms with Gasteiger partial charge in [0.15, 0.2) is 0 Å². The van der Waals surface area contributed by atoms with Gasteiger partial charge < -0.3 is 5.73 Å². The minimum Gasteiger partial charge on any atom is -0.320 e. The van der Waals surface area contributed by atoms with Crippen molar-refractivity contribution in [2.75, 3.05) is 0 Å². The highest BCUT2D eigenvalue weighted by molar-refractivity contribution is 9.11. The van der Waals surface area contributed by atoms with Crippen molar-refractivity contribution in [3.05, 3.63) is 55.4 Å². The minimum atomic E-state index is -0.343. The van der Waals surface area contributed by atoms with E-state index in [0.29, 0.717) is 5.02 Å². The van der Waals surface area contributed by atoms with Gasteiger partial charge in [-0.3, -0.25) is 0 Å². The van der Waals surface area contributed by atoms with Crippen molar-refractivity contribution in [1.82, 2.24) is 0 Å². The molecule has 1 atom stereocenters. The smallest absolute Gasteiger partial charge is 0.123 e. The van der Waals surface area contributed by atoms with Crippen LogP contribution in [0.2, 0.25) is 5.02 Å². The van der Waals surface area contributed by atoms with Crippen molar-refractivity contribution in [2.45, 2.75) is 6.04 Å². The molecule has 1 aromatic heterocycles. The highest BCUT2D eigenvalue weighted by Crippen LogP contribution is 2.36. The van der Waals surface area contributed by atoms with E-state index in [0.717, 1.165) is 14.2 Å². The molecule has 0 radical (unpaired) electrons. The maximum Gasteiger partial charge on any atom is 0.123 e. The Bertz CT molecular complexity index is 495. The van der Waals surface area contributed by atoms with E-state index in [1.54, 1.807) is 18.2 Å². The number of hydrogen-bond donors (Lipinski definition) is 1. The van der Waals surface area contributed by atoms with Gasteiger partial charge in [0.05, 0.1) is 14.9 Å². The minimum absolute atomic E-state index is 0.283. The Balaban J connectivity index is 2.35. The lowest BCUT2D eigenvalue weighted by molar-refractivity contribution is 0.624. The lowest BCUT2D eigenvalue weighted by Gasteiger charge is -2.09. The van der Waals surface area contributed by atoms with Crippen LogP contribution < -0.4 is 5.73 Å². The monoisotopic (exact) mass is 319 g/mol. The topological polar surface area (TPSA) is 26.0 Å². The number of thiophene rings is 1. The average Bonchev–Trinajstić information content (AvgIpc) is 2.58. The zero-order chi connectivity index (χ0) is 11.7. The first kappa shape index (κ1) is 12.0.